The second-order valence-corrected chi connectivity index (χ2v) is 9.29. The molecule has 1 fully saturated rings. The molecule has 4 heteroatoms. The topological polar surface area (TPSA) is 31.9 Å². The van der Waals surface area contributed by atoms with E-state index in [9.17, 15) is 0 Å². The van der Waals surface area contributed by atoms with Gasteiger partial charge in [0, 0.05) is 30.8 Å². The van der Waals surface area contributed by atoms with Crippen LogP contribution in [0.2, 0.25) is 5.02 Å². The fourth-order valence-electron chi connectivity index (χ4n) is 4.65. The summed E-state index contributed by atoms with van der Waals surface area (Å²) in [5.74, 6) is 0.939. The molecule has 3 aromatic carbocycles. The molecule has 2 heterocycles. The number of allylic oxidation sites excluding steroid dienone is 1. The van der Waals surface area contributed by atoms with Crippen molar-refractivity contribution in [1.29, 1.82) is 0 Å². The summed E-state index contributed by atoms with van der Waals surface area (Å²) in [6, 6.07) is 19.4. The lowest BCUT2D eigenvalue weighted by Gasteiger charge is -2.17. The molecule has 3 nitrogen and oxygen atoms in total. The number of aryl methyl sites for hydroxylation is 1. The van der Waals surface area contributed by atoms with Gasteiger partial charge in [-0.2, -0.15) is 0 Å². The maximum Gasteiger partial charge on any atom is 0.111 e. The van der Waals surface area contributed by atoms with Gasteiger partial charge in [-0.1, -0.05) is 54.1 Å². The number of nitrogens with zero attached hydrogens (tertiary/aromatic N) is 2. The van der Waals surface area contributed by atoms with Crippen LogP contribution in [0.25, 0.3) is 27.7 Å². The highest BCUT2D eigenvalue weighted by molar-refractivity contribution is 6.34. The molecule has 1 saturated heterocycles. The number of hydrogen-bond acceptors (Lipinski definition) is 2. The van der Waals surface area contributed by atoms with E-state index in [-0.39, 0.29) is 0 Å². The van der Waals surface area contributed by atoms with Gasteiger partial charge in [0.1, 0.15) is 5.82 Å². The summed E-state index contributed by atoms with van der Waals surface area (Å²) in [4.78, 5) is 10.8. The molecule has 0 aliphatic carbocycles. The Bertz CT molecular complexity index is 1290. The predicted molar refractivity (Wildman–Crippen MR) is 137 cm³/mol. The van der Waals surface area contributed by atoms with Crippen LogP contribution in [-0.4, -0.2) is 23.1 Å². The van der Waals surface area contributed by atoms with Crippen LogP contribution in [0.1, 0.15) is 42.3 Å². The number of nitrogens with one attached hydrogen (secondary N) is 1. The molecule has 0 unspecified atom stereocenters. The minimum absolute atomic E-state index is 0.738. The third-order valence-electron chi connectivity index (χ3n) is 6.40. The summed E-state index contributed by atoms with van der Waals surface area (Å²) in [6.45, 7) is 10.6. The summed E-state index contributed by atoms with van der Waals surface area (Å²) < 4.78 is 0. The summed E-state index contributed by atoms with van der Waals surface area (Å²) in [6.07, 6.45) is 3.30. The zero-order valence-electron chi connectivity index (χ0n) is 18.7. The number of halogens is 1. The van der Waals surface area contributed by atoms with Crippen molar-refractivity contribution < 1.29 is 0 Å². The van der Waals surface area contributed by atoms with Crippen LogP contribution >= 0.6 is 11.6 Å². The van der Waals surface area contributed by atoms with Crippen molar-refractivity contribution in [2.45, 2.75) is 33.1 Å². The number of rotatable bonds is 5. The van der Waals surface area contributed by atoms with Gasteiger partial charge in [0.2, 0.25) is 0 Å². The molecule has 32 heavy (non-hydrogen) atoms. The van der Waals surface area contributed by atoms with Crippen LogP contribution < -0.4 is 4.90 Å². The van der Waals surface area contributed by atoms with Crippen molar-refractivity contribution in [3.05, 3.63) is 88.7 Å². The Labute approximate surface area is 194 Å². The Hall–Kier alpha value is -3.04. The van der Waals surface area contributed by atoms with Crippen LogP contribution in [0.4, 0.5) is 5.69 Å². The molecule has 0 bridgehead atoms. The van der Waals surface area contributed by atoms with Crippen molar-refractivity contribution in [1.82, 2.24) is 9.97 Å². The van der Waals surface area contributed by atoms with Gasteiger partial charge >= 0.3 is 0 Å². The fourth-order valence-corrected chi connectivity index (χ4v) is 4.92. The predicted octanol–water partition coefficient (Wildman–Crippen LogP) is 7.42. The number of fused-ring (bicyclic) bond motifs is 1. The second-order valence-electron chi connectivity index (χ2n) is 8.88. The van der Waals surface area contributed by atoms with Crippen molar-refractivity contribution >= 4 is 33.9 Å². The lowest BCUT2D eigenvalue weighted by molar-refractivity contribution is 0.949. The Morgan fingerprint density at radius 1 is 1.06 bits per heavy atom. The van der Waals surface area contributed by atoms with Gasteiger partial charge in [-0.15, -0.1) is 0 Å². The highest BCUT2D eigenvalue weighted by Gasteiger charge is 2.14. The first-order valence-electron chi connectivity index (χ1n) is 11.3. The smallest absolute Gasteiger partial charge is 0.111 e. The summed E-state index contributed by atoms with van der Waals surface area (Å²) in [5, 5.41) is 0.738. The number of aromatic nitrogens is 2. The largest absolute Gasteiger partial charge is 0.372 e. The summed E-state index contributed by atoms with van der Waals surface area (Å²) >= 11 is 6.68. The molecule has 0 amide bonds. The average molecular weight is 442 g/mol. The zero-order chi connectivity index (χ0) is 22.2. The van der Waals surface area contributed by atoms with Crippen LogP contribution in [0.15, 0.2) is 61.2 Å². The minimum Gasteiger partial charge on any atom is -0.372 e. The average Bonchev–Trinajstić information content (AvgIpc) is 3.44. The second kappa shape index (κ2) is 8.48. The van der Waals surface area contributed by atoms with Gasteiger partial charge in [-0.05, 0) is 73.2 Å². The molecular weight excluding hydrogens is 414 g/mol. The number of anilines is 1. The van der Waals surface area contributed by atoms with Gasteiger partial charge in [0.25, 0.3) is 0 Å². The highest BCUT2D eigenvalue weighted by atomic mass is 35.5. The van der Waals surface area contributed by atoms with Gasteiger partial charge < -0.3 is 9.88 Å². The lowest BCUT2D eigenvalue weighted by atomic mass is 9.99. The van der Waals surface area contributed by atoms with E-state index >= 15 is 0 Å². The maximum absolute atomic E-state index is 6.68. The lowest BCUT2D eigenvalue weighted by Crippen LogP contribution is -2.17. The first-order valence-corrected chi connectivity index (χ1v) is 11.6. The molecule has 4 aromatic rings. The van der Waals surface area contributed by atoms with Gasteiger partial charge in [-0.3, -0.25) is 0 Å². The maximum atomic E-state index is 6.68. The van der Waals surface area contributed by atoms with Crippen LogP contribution in [0, 0.1) is 6.92 Å². The Morgan fingerprint density at radius 2 is 1.81 bits per heavy atom. The molecule has 162 valence electrons. The fraction of sp³-hybridized carbons (Fsp3) is 0.250. The van der Waals surface area contributed by atoms with E-state index in [0.717, 1.165) is 58.1 Å². The minimum atomic E-state index is 0.738. The van der Waals surface area contributed by atoms with E-state index in [4.69, 9.17) is 16.6 Å². The number of aromatic amines is 1. The standard InChI is InChI=1S/C28H28ClN3/c1-18(2)23-14-20(7-6-19(23)3)15-28-30-26-16-24(25(29)17-27(26)31-28)21-8-10-22(11-9-21)32-12-4-5-13-32/h6-11,14,16-17H,1,4-5,12-13,15H2,2-3H3,(H,30,31). The van der Waals surface area contributed by atoms with E-state index in [1.807, 2.05) is 6.07 Å². The molecule has 1 aromatic heterocycles. The third kappa shape index (κ3) is 4.05. The molecule has 0 spiro atoms. The Balaban J connectivity index is 1.43. The number of hydrogen-bond donors (Lipinski definition) is 1. The molecule has 1 aliphatic rings. The van der Waals surface area contributed by atoms with Crippen LogP contribution in [-0.2, 0) is 6.42 Å². The van der Waals surface area contributed by atoms with Gasteiger partial charge in [-0.25, -0.2) is 4.98 Å². The molecule has 5 rings (SSSR count). The SMILES string of the molecule is C=C(C)c1cc(Cc2nc3cc(-c4ccc(N5CCCC5)cc4)c(Cl)cc3[nH]2)ccc1C. The van der Waals surface area contributed by atoms with E-state index in [0.29, 0.717) is 0 Å². The van der Waals surface area contributed by atoms with Crippen LogP contribution in [0.3, 0.4) is 0 Å². The summed E-state index contributed by atoms with van der Waals surface area (Å²) in [7, 11) is 0. The van der Waals surface area contributed by atoms with Crippen molar-refractivity contribution in [3.8, 4) is 11.1 Å². The molecular formula is C28H28ClN3. The Kier molecular flexibility index (Phi) is 5.52. The molecule has 1 aliphatic heterocycles. The normalized spacial score (nSPS) is 13.8. The number of benzene rings is 3. The first kappa shape index (κ1) is 20.8. The number of imidazole rings is 1. The Morgan fingerprint density at radius 3 is 2.53 bits per heavy atom. The van der Waals surface area contributed by atoms with E-state index in [2.05, 4.69) is 78.8 Å². The first-order chi connectivity index (χ1) is 15.5. The van der Waals surface area contributed by atoms with Gasteiger partial charge in [0.15, 0.2) is 0 Å². The highest BCUT2D eigenvalue weighted by Crippen LogP contribution is 2.33. The van der Waals surface area contributed by atoms with Crippen molar-refractivity contribution in [2.75, 3.05) is 18.0 Å². The monoisotopic (exact) mass is 441 g/mol. The third-order valence-corrected chi connectivity index (χ3v) is 6.72. The molecule has 0 radical (unpaired) electrons. The molecule has 0 saturated carbocycles. The van der Waals surface area contributed by atoms with Gasteiger partial charge in [0.05, 0.1) is 16.1 Å². The summed E-state index contributed by atoms with van der Waals surface area (Å²) in [5.41, 5.74) is 10.1. The quantitative estimate of drug-likeness (QED) is 0.349. The van der Waals surface area contributed by atoms with E-state index in [1.165, 1.54) is 35.2 Å². The molecule has 0 atom stereocenters. The van der Waals surface area contributed by atoms with Crippen LogP contribution in [0.5, 0.6) is 0 Å². The van der Waals surface area contributed by atoms with Crippen molar-refractivity contribution in [3.63, 3.8) is 0 Å². The van der Waals surface area contributed by atoms with E-state index in [1.54, 1.807) is 0 Å². The number of H-pyrrole nitrogens is 1. The zero-order valence-corrected chi connectivity index (χ0v) is 19.5. The van der Waals surface area contributed by atoms with E-state index < -0.39 is 0 Å². The molecule has 1 N–H and O–H groups in total. The van der Waals surface area contributed by atoms with Crippen molar-refractivity contribution in [2.24, 2.45) is 0 Å².